The Morgan fingerprint density at radius 1 is 1.44 bits per heavy atom. The van der Waals surface area contributed by atoms with Crippen LogP contribution in [-0.2, 0) is 6.54 Å². The van der Waals surface area contributed by atoms with Crippen LogP contribution in [0, 0.1) is 0 Å². The van der Waals surface area contributed by atoms with Gasteiger partial charge in [-0.25, -0.2) is 5.43 Å². The molecule has 5 N–H and O–H groups in total. The van der Waals surface area contributed by atoms with E-state index in [1.807, 2.05) is 35.9 Å². The second kappa shape index (κ2) is 5.51. The Bertz CT molecular complexity index is 537. The van der Waals surface area contributed by atoms with Gasteiger partial charge < -0.3 is 5.73 Å². The fourth-order valence-corrected chi connectivity index (χ4v) is 2.36. The van der Waals surface area contributed by atoms with E-state index < -0.39 is 0 Å². The Morgan fingerprint density at radius 2 is 2.22 bits per heavy atom. The van der Waals surface area contributed by atoms with Crippen LogP contribution in [0.5, 0.6) is 0 Å². The summed E-state index contributed by atoms with van der Waals surface area (Å²) in [5, 5.41) is 4.25. The summed E-state index contributed by atoms with van der Waals surface area (Å²) in [7, 11) is 0. The van der Waals surface area contributed by atoms with Gasteiger partial charge in [-0.05, 0) is 31.2 Å². The van der Waals surface area contributed by atoms with Crippen LogP contribution in [0.1, 0.15) is 24.2 Å². The van der Waals surface area contributed by atoms with Gasteiger partial charge in [0.05, 0.1) is 11.7 Å². The minimum absolute atomic E-state index is 0.176. The van der Waals surface area contributed by atoms with Gasteiger partial charge in [0.15, 0.2) is 0 Å². The Kier molecular flexibility index (Phi) is 4.00. The largest absolute Gasteiger partial charge is 0.398 e. The molecule has 1 unspecified atom stereocenters. The average Bonchev–Trinajstić information content (AvgIpc) is 2.83. The summed E-state index contributed by atoms with van der Waals surface area (Å²) in [5.41, 5.74) is 11.4. The molecule has 0 aliphatic carbocycles. The van der Waals surface area contributed by atoms with Gasteiger partial charge >= 0.3 is 0 Å². The van der Waals surface area contributed by atoms with E-state index in [1.165, 1.54) is 0 Å². The van der Waals surface area contributed by atoms with Crippen molar-refractivity contribution in [3.8, 4) is 0 Å². The average molecular weight is 310 g/mol. The maximum Gasteiger partial charge on any atom is 0.0898 e. The molecule has 96 valence electrons. The molecule has 2 rings (SSSR count). The molecule has 1 aromatic carbocycles. The molecule has 0 radical (unpaired) electrons. The van der Waals surface area contributed by atoms with Gasteiger partial charge in [0.25, 0.3) is 0 Å². The van der Waals surface area contributed by atoms with Gasteiger partial charge in [0.1, 0.15) is 0 Å². The van der Waals surface area contributed by atoms with Crippen LogP contribution < -0.4 is 17.0 Å². The molecule has 18 heavy (non-hydrogen) atoms. The molecule has 0 aliphatic rings. The third-order valence-corrected chi connectivity index (χ3v) is 3.36. The van der Waals surface area contributed by atoms with Crippen molar-refractivity contribution in [2.24, 2.45) is 5.84 Å². The highest BCUT2D eigenvalue weighted by Crippen LogP contribution is 2.28. The molecule has 0 spiro atoms. The van der Waals surface area contributed by atoms with Crippen LogP contribution in [0.15, 0.2) is 34.9 Å². The number of nitrogen functional groups attached to an aromatic ring is 1. The number of rotatable bonds is 4. The zero-order valence-electron chi connectivity index (χ0n) is 10.1. The molecule has 0 bridgehead atoms. The summed E-state index contributed by atoms with van der Waals surface area (Å²) in [5.74, 6) is 5.68. The molecule has 1 aromatic heterocycles. The second-order valence-corrected chi connectivity index (χ2v) is 4.86. The number of hydrogen-bond donors (Lipinski definition) is 3. The van der Waals surface area contributed by atoms with Crippen LogP contribution in [0.2, 0.25) is 0 Å². The van der Waals surface area contributed by atoms with Gasteiger partial charge in [-0.3, -0.25) is 10.5 Å². The lowest BCUT2D eigenvalue weighted by molar-refractivity contribution is 0.544. The van der Waals surface area contributed by atoms with E-state index in [4.69, 9.17) is 11.6 Å². The van der Waals surface area contributed by atoms with Crippen molar-refractivity contribution in [2.75, 3.05) is 5.73 Å². The molecule has 1 heterocycles. The number of aryl methyl sites for hydroxylation is 1. The fourth-order valence-electron chi connectivity index (χ4n) is 1.98. The quantitative estimate of drug-likeness (QED) is 0.457. The van der Waals surface area contributed by atoms with E-state index >= 15 is 0 Å². The number of aromatic nitrogens is 2. The van der Waals surface area contributed by atoms with Gasteiger partial charge in [-0.1, -0.05) is 15.9 Å². The van der Waals surface area contributed by atoms with Gasteiger partial charge in [0, 0.05) is 28.5 Å². The van der Waals surface area contributed by atoms with Crippen LogP contribution in [0.4, 0.5) is 5.69 Å². The summed E-state index contributed by atoms with van der Waals surface area (Å²) >= 11 is 3.45. The molecule has 1 atom stereocenters. The predicted molar refractivity (Wildman–Crippen MR) is 75.6 cm³/mol. The van der Waals surface area contributed by atoms with Crippen molar-refractivity contribution in [3.63, 3.8) is 0 Å². The van der Waals surface area contributed by atoms with Crippen LogP contribution in [-0.4, -0.2) is 9.78 Å². The third-order valence-electron chi connectivity index (χ3n) is 2.87. The van der Waals surface area contributed by atoms with E-state index in [-0.39, 0.29) is 6.04 Å². The summed E-state index contributed by atoms with van der Waals surface area (Å²) in [6.07, 6.45) is 1.76. The third kappa shape index (κ3) is 2.40. The molecule has 5 nitrogen and oxygen atoms in total. The standard InChI is InChI=1S/C12H16BrN5/c1-2-18-11(5-6-16-18)12(17-15)9-7-8(13)3-4-10(9)14/h3-7,12,17H,2,14-15H2,1H3. The highest BCUT2D eigenvalue weighted by Gasteiger charge is 2.19. The maximum absolute atomic E-state index is 6.02. The Hall–Kier alpha value is -1.37. The Morgan fingerprint density at radius 3 is 2.89 bits per heavy atom. The van der Waals surface area contributed by atoms with Gasteiger partial charge in [-0.15, -0.1) is 0 Å². The number of hydrogen-bond acceptors (Lipinski definition) is 4. The number of benzene rings is 1. The first-order valence-corrected chi connectivity index (χ1v) is 6.49. The number of hydrazine groups is 1. The first kappa shape index (κ1) is 13.1. The van der Waals surface area contributed by atoms with Crippen LogP contribution in [0.3, 0.4) is 0 Å². The fraction of sp³-hybridized carbons (Fsp3) is 0.250. The predicted octanol–water partition coefficient (Wildman–Crippen LogP) is 1.80. The van der Waals surface area contributed by atoms with Gasteiger partial charge in [-0.2, -0.15) is 5.10 Å². The lowest BCUT2D eigenvalue weighted by atomic mass is 10.0. The van der Waals surface area contributed by atoms with E-state index in [9.17, 15) is 0 Å². The van der Waals surface area contributed by atoms with E-state index in [0.717, 1.165) is 22.3 Å². The molecule has 0 amide bonds. The molecular weight excluding hydrogens is 294 g/mol. The molecule has 0 aliphatic heterocycles. The summed E-state index contributed by atoms with van der Waals surface area (Å²) in [4.78, 5) is 0. The highest BCUT2D eigenvalue weighted by molar-refractivity contribution is 9.10. The maximum atomic E-state index is 6.02. The summed E-state index contributed by atoms with van der Waals surface area (Å²) in [6, 6.07) is 7.49. The molecule has 0 saturated heterocycles. The second-order valence-electron chi connectivity index (χ2n) is 3.94. The minimum Gasteiger partial charge on any atom is -0.398 e. The first-order valence-electron chi connectivity index (χ1n) is 5.70. The zero-order valence-corrected chi connectivity index (χ0v) is 11.7. The number of nitrogens with zero attached hydrogens (tertiary/aromatic N) is 2. The normalized spacial score (nSPS) is 12.6. The summed E-state index contributed by atoms with van der Waals surface area (Å²) in [6.45, 7) is 2.82. The number of halogens is 1. The lowest BCUT2D eigenvalue weighted by Gasteiger charge is -2.19. The number of nitrogens with one attached hydrogen (secondary N) is 1. The molecule has 0 fully saturated rings. The number of nitrogens with two attached hydrogens (primary N) is 2. The molecular formula is C12H16BrN5. The van der Waals surface area contributed by atoms with Crippen molar-refractivity contribution in [1.29, 1.82) is 0 Å². The Balaban J connectivity index is 2.48. The topological polar surface area (TPSA) is 81.9 Å². The van der Waals surface area contributed by atoms with Crippen LogP contribution in [0.25, 0.3) is 0 Å². The smallest absolute Gasteiger partial charge is 0.0898 e. The molecule has 0 saturated carbocycles. The van der Waals surface area contributed by atoms with Gasteiger partial charge in [0.2, 0.25) is 0 Å². The van der Waals surface area contributed by atoms with Crippen molar-refractivity contribution < 1.29 is 0 Å². The highest BCUT2D eigenvalue weighted by atomic mass is 79.9. The van der Waals surface area contributed by atoms with E-state index in [1.54, 1.807) is 6.20 Å². The summed E-state index contributed by atoms with van der Waals surface area (Å²) < 4.78 is 2.86. The molecule has 6 heteroatoms. The molecule has 2 aromatic rings. The van der Waals surface area contributed by atoms with E-state index in [0.29, 0.717) is 5.69 Å². The number of anilines is 1. The van der Waals surface area contributed by atoms with Crippen molar-refractivity contribution >= 4 is 21.6 Å². The van der Waals surface area contributed by atoms with Crippen molar-refractivity contribution in [3.05, 3.63) is 46.2 Å². The van der Waals surface area contributed by atoms with E-state index in [2.05, 4.69) is 26.5 Å². The van der Waals surface area contributed by atoms with Crippen molar-refractivity contribution in [1.82, 2.24) is 15.2 Å². The van der Waals surface area contributed by atoms with Crippen LogP contribution >= 0.6 is 15.9 Å². The van der Waals surface area contributed by atoms with Crippen molar-refractivity contribution in [2.45, 2.75) is 19.5 Å². The minimum atomic E-state index is -0.176. The monoisotopic (exact) mass is 309 g/mol. The zero-order chi connectivity index (χ0) is 13.1. The lowest BCUT2D eigenvalue weighted by Crippen LogP contribution is -2.31. The Labute approximate surface area is 114 Å². The SMILES string of the molecule is CCn1nccc1C(NN)c1cc(Br)ccc1N. The first-order chi connectivity index (χ1) is 8.67.